The monoisotopic (exact) mass is 306 g/mol. The van der Waals surface area contributed by atoms with Crippen molar-refractivity contribution < 1.29 is 10.2 Å². The number of hydrogen-bond donors (Lipinski definition) is 2. The molecule has 126 valence electrons. The third kappa shape index (κ3) is 2.21. The Bertz CT molecular complexity index is 470. The highest BCUT2D eigenvalue weighted by atomic mass is 16.3. The van der Waals surface area contributed by atoms with Gasteiger partial charge < -0.3 is 10.2 Å². The van der Waals surface area contributed by atoms with Gasteiger partial charge in [0.1, 0.15) is 0 Å². The fraction of sp³-hybridized carbons (Fsp3) is 0.900. The number of hydrogen-bond acceptors (Lipinski definition) is 2. The first kappa shape index (κ1) is 16.5. The summed E-state index contributed by atoms with van der Waals surface area (Å²) < 4.78 is 0. The molecule has 0 aliphatic heterocycles. The summed E-state index contributed by atoms with van der Waals surface area (Å²) in [7, 11) is 0. The fourth-order valence-corrected chi connectivity index (χ4v) is 6.27. The Labute approximate surface area is 136 Å². The minimum Gasteiger partial charge on any atom is -0.394 e. The highest BCUT2D eigenvalue weighted by Gasteiger charge is 2.58. The first-order valence-electron chi connectivity index (χ1n) is 9.22. The average Bonchev–Trinajstić information content (AvgIpc) is 2.49. The molecule has 0 bridgehead atoms. The van der Waals surface area contributed by atoms with E-state index >= 15 is 0 Å². The van der Waals surface area contributed by atoms with Gasteiger partial charge in [0.15, 0.2) is 0 Å². The van der Waals surface area contributed by atoms with Gasteiger partial charge in [0.25, 0.3) is 0 Å². The second-order valence-electron chi connectivity index (χ2n) is 9.23. The minimum absolute atomic E-state index is 0.0911. The average molecular weight is 306 g/mol. The van der Waals surface area contributed by atoms with Crippen LogP contribution in [-0.2, 0) is 0 Å². The van der Waals surface area contributed by atoms with E-state index < -0.39 is 6.10 Å². The molecule has 3 aliphatic carbocycles. The molecule has 0 aromatic carbocycles. The SMILES string of the molecule is CC1=CCC[C@@H]2[C@@]3(C)CC[C@](C)([C@@H](O)CO)C[C@@H]3CC[C@@]12C. The van der Waals surface area contributed by atoms with Gasteiger partial charge in [-0.3, -0.25) is 0 Å². The lowest BCUT2D eigenvalue weighted by Crippen LogP contribution is -2.55. The van der Waals surface area contributed by atoms with Crippen LogP contribution >= 0.6 is 0 Å². The fourth-order valence-electron chi connectivity index (χ4n) is 6.27. The third-order valence-corrected chi connectivity index (χ3v) is 8.24. The van der Waals surface area contributed by atoms with Gasteiger partial charge in [-0.05, 0) is 80.0 Å². The quantitative estimate of drug-likeness (QED) is 0.746. The van der Waals surface area contributed by atoms with Crippen molar-refractivity contribution in [2.75, 3.05) is 6.61 Å². The maximum atomic E-state index is 10.3. The van der Waals surface area contributed by atoms with Gasteiger partial charge in [0.05, 0.1) is 12.7 Å². The van der Waals surface area contributed by atoms with Gasteiger partial charge in [-0.2, -0.15) is 0 Å². The lowest BCUT2D eigenvalue weighted by Gasteiger charge is -2.62. The highest BCUT2D eigenvalue weighted by Crippen LogP contribution is 2.66. The van der Waals surface area contributed by atoms with Crippen molar-refractivity contribution >= 4 is 0 Å². The van der Waals surface area contributed by atoms with E-state index in [1.165, 1.54) is 32.1 Å². The van der Waals surface area contributed by atoms with Crippen LogP contribution < -0.4 is 0 Å². The molecular formula is C20H34O2. The van der Waals surface area contributed by atoms with E-state index in [1.54, 1.807) is 5.57 Å². The number of allylic oxidation sites excluding steroid dienone is 2. The van der Waals surface area contributed by atoms with Gasteiger partial charge in [-0.15, -0.1) is 0 Å². The Morgan fingerprint density at radius 2 is 1.91 bits per heavy atom. The van der Waals surface area contributed by atoms with Crippen molar-refractivity contribution in [1.29, 1.82) is 0 Å². The van der Waals surface area contributed by atoms with Crippen molar-refractivity contribution in [1.82, 2.24) is 0 Å². The first-order valence-corrected chi connectivity index (χ1v) is 9.22. The Kier molecular flexibility index (Phi) is 4.01. The molecule has 0 unspecified atom stereocenters. The molecule has 2 fully saturated rings. The third-order valence-electron chi connectivity index (χ3n) is 8.24. The second kappa shape index (κ2) is 5.34. The largest absolute Gasteiger partial charge is 0.394 e. The zero-order valence-electron chi connectivity index (χ0n) is 14.9. The summed E-state index contributed by atoms with van der Waals surface area (Å²) in [6, 6.07) is 0. The van der Waals surface area contributed by atoms with Crippen LogP contribution in [0.4, 0.5) is 0 Å². The molecule has 0 saturated heterocycles. The van der Waals surface area contributed by atoms with Crippen LogP contribution in [0.1, 0.15) is 72.6 Å². The Morgan fingerprint density at radius 3 is 2.59 bits per heavy atom. The number of aliphatic hydroxyl groups is 2. The van der Waals surface area contributed by atoms with Crippen LogP contribution in [0.15, 0.2) is 11.6 Å². The summed E-state index contributed by atoms with van der Waals surface area (Å²) in [5.74, 6) is 1.50. The van der Waals surface area contributed by atoms with E-state index in [4.69, 9.17) is 0 Å². The summed E-state index contributed by atoms with van der Waals surface area (Å²) in [5.41, 5.74) is 2.34. The predicted molar refractivity (Wildman–Crippen MR) is 90.5 cm³/mol. The normalized spacial score (nSPS) is 49.8. The second-order valence-corrected chi connectivity index (χ2v) is 9.23. The zero-order valence-corrected chi connectivity index (χ0v) is 14.9. The van der Waals surface area contributed by atoms with Gasteiger partial charge >= 0.3 is 0 Å². The molecule has 3 rings (SSSR count). The van der Waals surface area contributed by atoms with Crippen molar-refractivity contribution in [2.24, 2.45) is 28.1 Å². The molecule has 0 aromatic heterocycles. The summed E-state index contributed by atoms with van der Waals surface area (Å²) in [4.78, 5) is 0. The van der Waals surface area contributed by atoms with Crippen LogP contribution in [0, 0.1) is 28.1 Å². The van der Waals surface area contributed by atoms with E-state index in [-0.39, 0.29) is 12.0 Å². The number of rotatable bonds is 2. The Balaban J connectivity index is 1.88. The molecule has 0 radical (unpaired) electrons. The Morgan fingerprint density at radius 1 is 1.18 bits per heavy atom. The number of fused-ring (bicyclic) bond motifs is 3. The molecular weight excluding hydrogens is 272 g/mol. The Hall–Kier alpha value is -0.340. The van der Waals surface area contributed by atoms with Gasteiger partial charge in [-0.1, -0.05) is 32.4 Å². The molecule has 2 N–H and O–H groups in total. The molecule has 6 atom stereocenters. The summed E-state index contributed by atoms with van der Waals surface area (Å²) >= 11 is 0. The standard InChI is InChI=1S/C20H34O2/c1-14-6-5-7-16-19(14,3)9-8-15-12-18(2,17(22)13-21)10-11-20(15,16)4/h6,15-17,21-22H,5,7-13H2,1-4H3/t15-,16-,17-,18-,19-,20-/m0/s1. The molecule has 0 heterocycles. The lowest BCUT2D eigenvalue weighted by molar-refractivity contribution is -0.131. The molecule has 3 aliphatic rings. The highest BCUT2D eigenvalue weighted by molar-refractivity contribution is 5.21. The van der Waals surface area contributed by atoms with E-state index in [9.17, 15) is 10.2 Å². The van der Waals surface area contributed by atoms with Crippen LogP contribution in [0.5, 0.6) is 0 Å². The van der Waals surface area contributed by atoms with Crippen molar-refractivity contribution in [2.45, 2.75) is 78.7 Å². The number of aliphatic hydroxyl groups excluding tert-OH is 2. The maximum Gasteiger partial charge on any atom is 0.0824 e. The van der Waals surface area contributed by atoms with Gasteiger partial charge in [0, 0.05) is 0 Å². The zero-order chi connectivity index (χ0) is 16.2. The van der Waals surface area contributed by atoms with Gasteiger partial charge in [-0.25, -0.2) is 0 Å². The summed E-state index contributed by atoms with van der Waals surface area (Å²) in [6.45, 7) is 9.47. The van der Waals surface area contributed by atoms with E-state index in [0.29, 0.717) is 16.7 Å². The van der Waals surface area contributed by atoms with Gasteiger partial charge in [0.2, 0.25) is 0 Å². The minimum atomic E-state index is -0.557. The smallest absolute Gasteiger partial charge is 0.0824 e. The first-order chi connectivity index (χ1) is 10.3. The topological polar surface area (TPSA) is 40.5 Å². The molecule has 22 heavy (non-hydrogen) atoms. The van der Waals surface area contributed by atoms with Crippen molar-refractivity contribution in [3.63, 3.8) is 0 Å². The maximum absolute atomic E-state index is 10.3. The van der Waals surface area contributed by atoms with E-state index in [1.807, 2.05) is 0 Å². The predicted octanol–water partition coefficient (Wildman–Crippen LogP) is 4.31. The van der Waals surface area contributed by atoms with Crippen molar-refractivity contribution in [3.8, 4) is 0 Å². The molecule has 2 nitrogen and oxygen atoms in total. The molecule has 2 saturated carbocycles. The summed E-state index contributed by atoms with van der Waals surface area (Å²) in [6.07, 6.45) is 10.4. The molecule has 0 spiro atoms. The van der Waals surface area contributed by atoms with Crippen LogP contribution in [0.3, 0.4) is 0 Å². The summed E-state index contributed by atoms with van der Waals surface area (Å²) in [5, 5.41) is 19.7. The molecule has 2 heteroatoms. The van der Waals surface area contributed by atoms with Crippen LogP contribution in [-0.4, -0.2) is 22.9 Å². The molecule has 0 amide bonds. The van der Waals surface area contributed by atoms with E-state index in [2.05, 4.69) is 33.8 Å². The molecule has 0 aromatic rings. The van der Waals surface area contributed by atoms with Crippen LogP contribution in [0.2, 0.25) is 0 Å². The lowest BCUT2D eigenvalue weighted by atomic mass is 9.42. The van der Waals surface area contributed by atoms with E-state index in [0.717, 1.165) is 18.8 Å². The van der Waals surface area contributed by atoms with Crippen LogP contribution in [0.25, 0.3) is 0 Å². The van der Waals surface area contributed by atoms with Crippen molar-refractivity contribution in [3.05, 3.63) is 11.6 Å².